The van der Waals surface area contributed by atoms with Gasteiger partial charge in [-0.2, -0.15) is 0 Å². The summed E-state index contributed by atoms with van der Waals surface area (Å²) in [5.41, 5.74) is 4.08. The van der Waals surface area contributed by atoms with Gasteiger partial charge in [0, 0.05) is 18.8 Å². The quantitative estimate of drug-likeness (QED) is 0.564. The van der Waals surface area contributed by atoms with Gasteiger partial charge in [-0.05, 0) is 30.2 Å². The molecule has 0 spiro atoms. The number of hydrogen-bond donors (Lipinski definition) is 2. The summed E-state index contributed by atoms with van der Waals surface area (Å²) in [6, 6.07) is 27.6. The van der Waals surface area contributed by atoms with Gasteiger partial charge >= 0.3 is 0 Å². The molecular weight excluding hydrogens is 386 g/mol. The number of nitrogens with one attached hydrogen (secondary N) is 2. The molecule has 0 aliphatic carbocycles. The van der Waals surface area contributed by atoms with Crippen LogP contribution in [0.5, 0.6) is 0 Å². The molecule has 2 amide bonds. The number of carbonyl (C=O) groups excluding carboxylic acids is 2. The molecule has 0 saturated carbocycles. The van der Waals surface area contributed by atoms with Crippen LogP contribution in [0.4, 0.5) is 5.69 Å². The molecule has 160 valence electrons. The first-order valence-corrected chi connectivity index (χ1v) is 10.5. The van der Waals surface area contributed by atoms with E-state index in [9.17, 15) is 9.59 Å². The van der Waals surface area contributed by atoms with Crippen LogP contribution in [0, 0.1) is 6.92 Å². The Hall–Kier alpha value is -3.44. The number of hydrogen-bond acceptors (Lipinski definition) is 2. The molecule has 3 aromatic rings. The second-order valence-electron chi connectivity index (χ2n) is 7.95. The third kappa shape index (κ3) is 7.39. The number of anilines is 1. The molecule has 0 saturated heterocycles. The lowest BCUT2D eigenvalue weighted by atomic mass is 10.1. The van der Waals surface area contributed by atoms with Crippen LogP contribution in [0.1, 0.15) is 16.7 Å². The lowest BCUT2D eigenvalue weighted by Crippen LogP contribution is -3.11. The van der Waals surface area contributed by atoms with Gasteiger partial charge in [0.2, 0.25) is 0 Å². The molecule has 3 rings (SSSR count). The lowest BCUT2D eigenvalue weighted by Gasteiger charge is -2.24. The van der Waals surface area contributed by atoms with Crippen molar-refractivity contribution in [3.8, 4) is 0 Å². The molecule has 31 heavy (non-hydrogen) atoms. The van der Waals surface area contributed by atoms with Gasteiger partial charge in [-0.15, -0.1) is 0 Å². The van der Waals surface area contributed by atoms with Crippen molar-refractivity contribution in [1.29, 1.82) is 0 Å². The van der Waals surface area contributed by atoms with Crippen LogP contribution in [0.2, 0.25) is 0 Å². The Labute approximate surface area is 184 Å². The van der Waals surface area contributed by atoms with Gasteiger partial charge < -0.3 is 15.1 Å². The average molecular weight is 417 g/mol. The van der Waals surface area contributed by atoms with Crippen molar-refractivity contribution in [1.82, 2.24) is 4.90 Å². The molecule has 0 bridgehead atoms. The first-order chi connectivity index (χ1) is 15.0. The Morgan fingerprint density at radius 2 is 1.29 bits per heavy atom. The second-order valence-corrected chi connectivity index (χ2v) is 7.95. The van der Waals surface area contributed by atoms with Gasteiger partial charge in [-0.25, -0.2) is 0 Å². The molecule has 5 nitrogen and oxygen atoms in total. The smallest absolute Gasteiger partial charge is 0.279 e. The summed E-state index contributed by atoms with van der Waals surface area (Å²) in [7, 11) is 1.87. The number of benzene rings is 3. The van der Waals surface area contributed by atoms with Crippen molar-refractivity contribution < 1.29 is 14.5 Å². The Kier molecular flexibility index (Phi) is 7.96. The van der Waals surface area contributed by atoms with Crippen molar-refractivity contribution in [2.75, 3.05) is 25.5 Å². The highest BCUT2D eigenvalue weighted by molar-refractivity contribution is 5.91. The number of rotatable bonds is 9. The van der Waals surface area contributed by atoms with Gasteiger partial charge in [0.15, 0.2) is 13.1 Å². The van der Waals surface area contributed by atoms with Gasteiger partial charge in [-0.1, -0.05) is 78.4 Å². The van der Waals surface area contributed by atoms with Crippen molar-refractivity contribution in [2.24, 2.45) is 0 Å². The summed E-state index contributed by atoms with van der Waals surface area (Å²) in [6.45, 7) is 3.56. The van der Waals surface area contributed by atoms with E-state index < -0.39 is 0 Å². The molecule has 1 unspecified atom stereocenters. The Morgan fingerprint density at radius 1 is 0.774 bits per heavy atom. The highest BCUT2D eigenvalue weighted by Gasteiger charge is 2.20. The molecule has 1 atom stereocenters. The number of nitrogens with zero attached hydrogens (tertiary/aromatic N) is 1. The van der Waals surface area contributed by atoms with Crippen molar-refractivity contribution >= 4 is 17.5 Å². The van der Waals surface area contributed by atoms with Gasteiger partial charge in [-0.3, -0.25) is 9.59 Å². The van der Waals surface area contributed by atoms with Gasteiger partial charge in [0.05, 0.1) is 7.05 Å². The maximum Gasteiger partial charge on any atom is 0.279 e. The monoisotopic (exact) mass is 416 g/mol. The van der Waals surface area contributed by atoms with E-state index in [4.69, 9.17) is 0 Å². The molecular formula is C26H30N3O2+. The predicted octanol–water partition coefficient (Wildman–Crippen LogP) is 2.68. The third-order valence-electron chi connectivity index (χ3n) is 5.04. The zero-order chi connectivity index (χ0) is 22.1. The standard InChI is InChI=1S/C26H29N3O2/c1-21-13-15-24(16-14-21)27-25(30)19-28(2)20-26(31)29(17-22-9-5-3-6-10-22)18-23-11-7-4-8-12-23/h3-16H,17-20H2,1-2H3,(H,27,30)/p+1. The summed E-state index contributed by atoms with van der Waals surface area (Å²) < 4.78 is 0. The van der Waals surface area contributed by atoms with Gasteiger partial charge in [0.25, 0.3) is 11.8 Å². The Morgan fingerprint density at radius 3 is 1.81 bits per heavy atom. The molecule has 5 heteroatoms. The van der Waals surface area contributed by atoms with Crippen LogP contribution in [0.25, 0.3) is 0 Å². The topological polar surface area (TPSA) is 53.9 Å². The average Bonchev–Trinajstić information content (AvgIpc) is 2.76. The number of likely N-dealkylation sites (N-methyl/N-ethyl adjacent to an activating group) is 1. The SMILES string of the molecule is Cc1ccc(NC(=O)C[NH+](C)CC(=O)N(Cc2ccccc2)Cc2ccccc2)cc1. The van der Waals surface area contributed by atoms with E-state index >= 15 is 0 Å². The van der Waals surface area contributed by atoms with E-state index in [0.717, 1.165) is 27.3 Å². The molecule has 0 aliphatic heterocycles. The van der Waals surface area contributed by atoms with E-state index in [1.807, 2.05) is 104 Å². The summed E-state index contributed by atoms with van der Waals surface area (Å²) >= 11 is 0. The van der Waals surface area contributed by atoms with Crippen LogP contribution in [0.15, 0.2) is 84.9 Å². The normalized spacial score (nSPS) is 11.5. The predicted molar refractivity (Wildman–Crippen MR) is 124 cm³/mol. The molecule has 0 heterocycles. The van der Waals surface area contributed by atoms with Crippen molar-refractivity contribution in [2.45, 2.75) is 20.0 Å². The van der Waals surface area contributed by atoms with E-state index in [-0.39, 0.29) is 24.9 Å². The Bertz CT molecular complexity index is 931. The van der Waals surface area contributed by atoms with E-state index in [0.29, 0.717) is 13.1 Å². The maximum absolute atomic E-state index is 13.1. The van der Waals surface area contributed by atoms with Gasteiger partial charge in [0.1, 0.15) is 0 Å². The fourth-order valence-corrected chi connectivity index (χ4v) is 3.39. The minimum absolute atomic E-state index is 0.0216. The fraction of sp³-hybridized carbons (Fsp3) is 0.231. The number of quaternary nitrogens is 1. The zero-order valence-corrected chi connectivity index (χ0v) is 18.2. The first kappa shape index (κ1) is 22.2. The molecule has 0 aromatic heterocycles. The van der Waals surface area contributed by atoms with Crippen LogP contribution in [0.3, 0.4) is 0 Å². The summed E-state index contributed by atoms with van der Waals surface area (Å²) in [5.74, 6) is -0.0832. The number of aryl methyl sites for hydroxylation is 1. The van der Waals surface area contributed by atoms with Crippen LogP contribution in [-0.4, -0.2) is 36.9 Å². The molecule has 2 N–H and O–H groups in total. The van der Waals surface area contributed by atoms with Crippen molar-refractivity contribution in [3.05, 3.63) is 102 Å². The highest BCUT2D eigenvalue weighted by Crippen LogP contribution is 2.10. The van der Waals surface area contributed by atoms with E-state index in [1.54, 1.807) is 0 Å². The van der Waals surface area contributed by atoms with Crippen molar-refractivity contribution in [3.63, 3.8) is 0 Å². The third-order valence-corrected chi connectivity index (χ3v) is 5.04. The lowest BCUT2D eigenvalue weighted by molar-refractivity contribution is -0.862. The van der Waals surface area contributed by atoms with Crippen LogP contribution < -0.4 is 10.2 Å². The Balaban J connectivity index is 1.60. The highest BCUT2D eigenvalue weighted by atomic mass is 16.2. The van der Waals surface area contributed by atoms with E-state index in [1.165, 1.54) is 0 Å². The summed E-state index contributed by atoms with van der Waals surface area (Å²) in [4.78, 5) is 28.2. The first-order valence-electron chi connectivity index (χ1n) is 10.5. The molecule has 0 fully saturated rings. The summed E-state index contributed by atoms with van der Waals surface area (Å²) in [6.07, 6.45) is 0. The maximum atomic E-state index is 13.1. The summed E-state index contributed by atoms with van der Waals surface area (Å²) in [5, 5.41) is 2.90. The van der Waals surface area contributed by atoms with Crippen LogP contribution >= 0.6 is 0 Å². The molecule has 0 radical (unpaired) electrons. The number of amides is 2. The zero-order valence-electron chi connectivity index (χ0n) is 18.2. The minimum Gasteiger partial charge on any atom is -0.329 e. The minimum atomic E-state index is -0.105. The number of carbonyl (C=O) groups is 2. The van der Waals surface area contributed by atoms with E-state index in [2.05, 4.69) is 5.32 Å². The molecule has 0 aliphatic rings. The molecule has 3 aromatic carbocycles. The second kappa shape index (κ2) is 11.1. The fourth-order valence-electron chi connectivity index (χ4n) is 3.39. The largest absolute Gasteiger partial charge is 0.329 e. The van der Waals surface area contributed by atoms with Crippen LogP contribution in [-0.2, 0) is 22.7 Å².